The summed E-state index contributed by atoms with van der Waals surface area (Å²) in [7, 11) is 1.36. The van der Waals surface area contributed by atoms with Crippen molar-refractivity contribution >= 4 is 29.2 Å². The Morgan fingerprint density at radius 2 is 2.00 bits per heavy atom. The first-order valence-electron chi connectivity index (χ1n) is 10.6. The van der Waals surface area contributed by atoms with Crippen molar-refractivity contribution in [3.63, 3.8) is 0 Å². The fraction of sp³-hybridized carbons (Fsp3) is 0.120. The number of methoxy groups -OCH3 is 1. The van der Waals surface area contributed by atoms with Crippen LogP contribution >= 0.6 is 11.6 Å². The summed E-state index contributed by atoms with van der Waals surface area (Å²) in [6.07, 6.45) is 4.60. The molecule has 9 heteroatoms. The largest absolute Gasteiger partial charge is 0.480 e. The van der Waals surface area contributed by atoms with E-state index in [9.17, 15) is 4.79 Å². The first-order valence-corrected chi connectivity index (χ1v) is 11.0. The number of anilines is 1. The van der Waals surface area contributed by atoms with Gasteiger partial charge in [0.1, 0.15) is 24.2 Å². The standard InChI is InChI=1S/C25H18ClN5O3/c1-33-24(32)15-6-4-14(5-7-15)23-20-21(18-11-17(26)8-9-19(18)34-23)30-25-28-13-29-31(25)22(20)16-3-2-10-27-12-16/h2-13,22-23H,1H3,(H,28,29,30)/t22-,23+/m0/s1. The lowest BCUT2D eigenvalue weighted by Gasteiger charge is -2.38. The summed E-state index contributed by atoms with van der Waals surface area (Å²) in [4.78, 5) is 20.7. The molecule has 0 radical (unpaired) electrons. The lowest BCUT2D eigenvalue weighted by atomic mass is 9.85. The van der Waals surface area contributed by atoms with Crippen LogP contribution in [0, 0.1) is 0 Å². The van der Waals surface area contributed by atoms with E-state index < -0.39 is 12.1 Å². The van der Waals surface area contributed by atoms with Crippen LogP contribution in [0.5, 0.6) is 5.75 Å². The van der Waals surface area contributed by atoms with Gasteiger partial charge in [-0.3, -0.25) is 4.98 Å². The fourth-order valence-electron chi connectivity index (χ4n) is 4.49. The molecule has 4 aromatic rings. The van der Waals surface area contributed by atoms with Gasteiger partial charge in [0.15, 0.2) is 0 Å². The molecule has 34 heavy (non-hydrogen) atoms. The molecule has 8 nitrogen and oxygen atoms in total. The molecule has 0 bridgehead atoms. The minimum atomic E-state index is -0.467. The van der Waals surface area contributed by atoms with Gasteiger partial charge in [0.25, 0.3) is 0 Å². The Hall–Kier alpha value is -4.17. The van der Waals surface area contributed by atoms with Crippen LogP contribution in [0.4, 0.5) is 5.95 Å². The molecule has 0 unspecified atom stereocenters. The molecule has 0 saturated heterocycles. The topological polar surface area (TPSA) is 91.2 Å². The summed E-state index contributed by atoms with van der Waals surface area (Å²) in [5, 5.41) is 8.53. The highest BCUT2D eigenvalue weighted by Gasteiger charge is 2.41. The van der Waals surface area contributed by atoms with Crippen molar-refractivity contribution in [2.24, 2.45) is 0 Å². The third kappa shape index (κ3) is 3.22. The molecule has 2 aromatic heterocycles. The van der Waals surface area contributed by atoms with Crippen molar-refractivity contribution in [1.82, 2.24) is 19.7 Å². The zero-order valence-electron chi connectivity index (χ0n) is 18.0. The number of hydrogen-bond acceptors (Lipinski definition) is 7. The number of halogens is 1. The molecule has 0 aliphatic carbocycles. The number of rotatable bonds is 3. The number of carbonyl (C=O) groups excluding carboxylic acids is 1. The molecule has 2 aliphatic heterocycles. The molecule has 0 saturated carbocycles. The maximum atomic E-state index is 12.0. The van der Waals surface area contributed by atoms with Crippen molar-refractivity contribution in [3.05, 3.63) is 106 Å². The number of pyridine rings is 1. The second-order valence-electron chi connectivity index (χ2n) is 7.92. The van der Waals surface area contributed by atoms with E-state index in [0.29, 0.717) is 22.3 Å². The molecule has 0 fully saturated rings. The van der Waals surface area contributed by atoms with Crippen LogP contribution in [0.15, 0.2) is 78.9 Å². The number of fused-ring (bicyclic) bond motifs is 3. The van der Waals surface area contributed by atoms with Crippen LogP contribution in [0.25, 0.3) is 5.70 Å². The first kappa shape index (κ1) is 20.4. The van der Waals surface area contributed by atoms with Crippen LogP contribution in [-0.2, 0) is 4.74 Å². The number of carbonyl (C=O) groups is 1. The first-order chi connectivity index (χ1) is 16.6. The summed E-state index contributed by atoms with van der Waals surface area (Å²) in [5.74, 6) is 0.909. The van der Waals surface area contributed by atoms with Gasteiger partial charge >= 0.3 is 5.97 Å². The molecule has 2 aliphatic rings. The third-order valence-electron chi connectivity index (χ3n) is 6.01. The molecule has 6 rings (SSSR count). The van der Waals surface area contributed by atoms with E-state index in [1.54, 1.807) is 24.4 Å². The maximum Gasteiger partial charge on any atom is 0.337 e. The summed E-state index contributed by atoms with van der Waals surface area (Å²) < 4.78 is 13.2. The van der Waals surface area contributed by atoms with E-state index in [1.807, 2.05) is 47.3 Å². The average molecular weight is 472 g/mol. The van der Waals surface area contributed by atoms with Gasteiger partial charge in [-0.05, 0) is 47.5 Å². The Morgan fingerprint density at radius 3 is 2.76 bits per heavy atom. The minimum Gasteiger partial charge on any atom is -0.480 e. The van der Waals surface area contributed by atoms with Crippen LogP contribution in [0.2, 0.25) is 5.02 Å². The van der Waals surface area contributed by atoms with Gasteiger partial charge in [-0.2, -0.15) is 10.1 Å². The highest BCUT2D eigenvalue weighted by atomic mass is 35.5. The smallest absolute Gasteiger partial charge is 0.337 e. The molecule has 0 amide bonds. The fourth-order valence-corrected chi connectivity index (χ4v) is 4.66. The maximum absolute atomic E-state index is 12.0. The summed E-state index contributed by atoms with van der Waals surface area (Å²) in [6, 6.07) is 16.3. The lowest BCUT2D eigenvalue weighted by molar-refractivity contribution is 0.0600. The quantitative estimate of drug-likeness (QED) is 0.434. The number of ether oxygens (including phenoxy) is 2. The van der Waals surface area contributed by atoms with E-state index in [2.05, 4.69) is 20.4 Å². The van der Waals surface area contributed by atoms with Crippen LogP contribution in [-0.4, -0.2) is 32.8 Å². The molecule has 2 atom stereocenters. The summed E-state index contributed by atoms with van der Waals surface area (Å²) in [5.41, 5.74) is 4.92. The number of benzene rings is 2. The number of nitrogens with one attached hydrogen (secondary N) is 1. The molecule has 2 aromatic carbocycles. The third-order valence-corrected chi connectivity index (χ3v) is 6.25. The average Bonchev–Trinajstić information content (AvgIpc) is 3.35. The number of hydrogen-bond donors (Lipinski definition) is 1. The van der Waals surface area contributed by atoms with Crippen LogP contribution in [0.3, 0.4) is 0 Å². The monoisotopic (exact) mass is 471 g/mol. The SMILES string of the molecule is COC(=O)c1ccc([C@H]2Oc3ccc(Cl)cc3C3=C2[C@H](c2cccnc2)n2ncnc2N3)cc1. The predicted molar refractivity (Wildman–Crippen MR) is 126 cm³/mol. The molecule has 1 N–H and O–H groups in total. The van der Waals surface area contributed by atoms with E-state index in [0.717, 1.165) is 28.0 Å². The van der Waals surface area contributed by atoms with Crippen molar-refractivity contribution in [3.8, 4) is 5.75 Å². The zero-order chi connectivity index (χ0) is 23.2. The van der Waals surface area contributed by atoms with Gasteiger partial charge in [0.2, 0.25) is 5.95 Å². The normalized spacial score (nSPS) is 18.2. The highest BCUT2D eigenvalue weighted by Crippen LogP contribution is 2.50. The Bertz CT molecular complexity index is 1430. The molecule has 4 heterocycles. The van der Waals surface area contributed by atoms with E-state index in [-0.39, 0.29) is 6.04 Å². The van der Waals surface area contributed by atoms with E-state index in [1.165, 1.54) is 13.4 Å². The van der Waals surface area contributed by atoms with E-state index in [4.69, 9.17) is 21.1 Å². The molecular weight excluding hydrogens is 454 g/mol. The Labute approximate surface area is 199 Å². The summed E-state index contributed by atoms with van der Waals surface area (Å²) >= 11 is 6.36. The summed E-state index contributed by atoms with van der Waals surface area (Å²) in [6.45, 7) is 0. The number of esters is 1. The lowest BCUT2D eigenvalue weighted by Crippen LogP contribution is -2.32. The van der Waals surface area contributed by atoms with Gasteiger partial charge in [-0.15, -0.1) is 0 Å². The minimum absolute atomic E-state index is 0.320. The molecule has 0 spiro atoms. The van der Waals surface area contributed by atoms with Crippen molar-refractivity contribution in [2.45, 2.75) is 12.1 Å². The van der Waals surface area contributed by atoms with Gasteiger partial charge in [0, 0.05) is 28.6 Å². The van der Waals surface area contributed by atoms with Crippen LogP contribution < -0.4 is 10.1 Å². The second kappa shape index (κ2) is 8.00. The Morgan fingerprint density at radius 1 is 1.15 bits per heavy atom. The highest BCUT2D eigenvalue weighted by molar-refractivity contribution is 6.30. The zero-order valence-corrected chi connectivity index (χ0v) is 18.7. The molecular formula is C25H18ClN5O3. The number of aromatic nitrogens is 4. The van der Waals surface area contributed by atoms with Gasteiger partial charge < -0.3 is 14.8 Å². The van der Waals surface area contributed by atoms with Gasteiger partial charge in [-0.1, -0.05) is 29.8 Å². The van der Waals surface area contributed by atoms with Crippen molar-refractivity contribution in [1.29, 1.82) is 0 Å². The predicted octanol–water partition coefficient (Wildman–Crippen LogP) is 4.67. The van der Waals surface area contributed by atoms with Crippen LogP contribution in [0.1, 0.15) is 39.2 Å². The van der Waals surface area contributed by atoms with Crippen molar-refractivity contribution < 1.29 is 14.3 Å². The second-order valence-corrected chi connectivity index (χ2v) is 8.36. The molecule has 168 valence electrons. The Kier molecular flexibility index (Phi) is 4.81. The number of nitrogens with zero attached hydrogens (tertiary/aromatic N) is 4. The Balaban J connectivity index is 1.57. The van der Waals surface area contributed by atoms with Gasteiger partial charge in [0.05, 0.1) is 18.4 Å². The van der Waals surface area contributed by atoms with Crippen molar-refractivity contribution in [2.75, 3.05) is 12.4 Å². The van der Waals surface area contributed by atoms with E-state index >= 15 is 0 Å². The van der Waals surface area contributed by atoms with Gasteiger partial charge in [-0.25, -0.2) is 9.48 Å².